The van der Waals surface area contributed by atoms with Gasteiger partial charge in [0.1, 0.15) is 0 Å². The van der Waals surface area contributed by atoms with Crippen LogP contribution in [-0.4, -0.2) is 35.9 Å². The van der Waals surface area contributed by atoms with E-state index in [-0.39, 0.29) is 0 Å². The highest BCUT2D eigenvalue weighted by atomic mass is 32.2. The van der Waals surface area contributed by atoms with Gasteiger partial charge in [-0.15, -0.1) is 11.8 Å². The Hall–Kier alpha value is -0.930. The highest BCUT2D eigenvalue weighted by molar-refractivity contribution is 7.99. The molecule has 0 N–H and O–H groups in total. The summed E-state index contributed by atoms with van der Waals surface area (Å²) in [6, 6.07) is 6.91. The van der Waals surface area contributed by atoms with Gasteiger partial charge >= 0.3 is 0 Å². The van der Waals surface area contributed by atoms with Crippen LogP contribution in [0.2, 0.25) is 0 Å². The van der Waals surface area contributed by atoms with Crippen LogP contribution in [0.1, 0.15) is 12.0 Å². The van der Waals surface area contributed by atoms with Gasteiger partial charge in [0.2, 0.25) is 0 Å². The lowest BCUT2D eigenvalue weighted by molar-refractivity contribution is 0.387. The van der Waals surface area contributed by atoms with Gasteiger partial charge < -0.3 is 9.47 Å². The Bertz CT molecular complexity index is 557. The Kier molecular flexibility index (Phi) is 3.35. The van der Waals surface area contributed by atoms with Crippen LogP contribution in [0.4, 0.5) is 0 Å². The summed E-state index contributed by atoms with van der Waals surface area (Å²) in [6.07, 6.45) is 4.81. The predicted molar refractivity (Wildman–Crippen MR) is 79.5 cm³/mol. The Morgan fingerprint density at radius 1 is 1.28 bits per heavy atom. The van der Waals surface area contributed by atoms with Gasteiger partial charge in [0.25, 0.3) is 0 Å². The van der Waals surface area contributed by atoms with Gasteiger partial charge in [-0.1, -0.05) is 0 Å². The Balaban J connectivity index is 1.99. The van der Waals surface area contributed by atoms with E-state index < -0.39 is 0 Å². The maximum atomic E-state index is 2.38. The molecule has 0 spiro atoms. The first-order valence-corrected chi connectivity index (χ1v) is 7.62. The third-order valence-electron chi connectivity index (χ3n) is 3.64. The number of thioether (sulfide) groups is 1. The average Bonchev–Trinajstić information content (AvgIpc) is 2.80. The van der Waals surface area contributed by atoms with Crippen molar-refractivity contribution in [2.24, 2.45) is 0 Å². The molecular formula is C15H20N2S. The van der Waals surface area contributed by atoms with E-state index in [9.17, 15) is 0 Å². The summed E-state index contributed by atoms with van der Waals surface area (Å²) in [7, 11) is 4.26. The van der Waals surface area contributed by atoms with Gasteiger partial charge in [-0.05, 0) is 56.5 Å². The molecule has 1 aliphatic heterocycles. The van der Waals surface area contributed by atoms with Crippen molar-refractivity contribution in [3.8, 4) is 0 Å². The number of benzene rings is 1. The number of aromatic nitrogens is 1. The first-order chi connectivity index (χ1) is 8.75. The van der Waals surface area contributed by atoms with Crippen LogP contribution in [0, 0.1) is 0 Å². The number of hydrogen-bond donors (Lipinski definition) is 0. The smallest absolute Gasteiger partial charge is 0.0484 e. The maximum Gasteiger partial charge on any atom is 0.0484 e. The minimum atomic E-state index is 1.07. The zero-order valence-electron chi connectivity index (χ0n) is 11.1. The van der Waals surface area contributed by atoms with Crippen LogP contribution in [0.15, 0.2) is 29.3 Å². The van der Waals surface area contributed by atoms with Crippen molar-refractivity contribution < 1.29 is 0 Å². The summed E-state index contributed by atoms with van der Waals surface area (Å²) in [5, 5.41) is 1.47. The topological polar surface area (TPSA) is 8.17 Å². The maximum absolute atomic E-state index is 2.38. The zero-order valence-corrected chi connectivity index (χ0v) is 12.0. The number of likely N-dealkylation sites (N-methyl/N-ethyl adjacent to an activating group) is 1. The van der Waals surface area contributed by atoms with Crippen molar-refractivity contribution in [2.75, 3.05) is 26.4 Å². The number of hydrogen-bond acceptors (Lipinski definition) is 2. The molecule has 96 valence electrons. The molecule has 2 heterocycles. The summed E-state index contributed by atoms with van der Waals surface area (Å²) in [4.78, 5) is 3.74. The molecule has 0 saturated carbocycles. The molecule has 3 rings (SSSR count). The molecule has 18 heavy (non-hydrogen) atoms. The highest BCUT2D eigenvalue weighted by Gasteiger charge is 2.14. The van der Waals surface area contributed by atoms with Gasteiger partial charge in [0.05, 0.1) is 0 Å². The highest BCUT2D eigenvalue weighted by Crippen LogP contribution is 2.35. The molecule has 1 aromatic carbocycles. The molecule has 0 fully saturated rings. The first-order valence-electron chi connectivity index (χ1n) is 6.64. The van der Waals surface area contributed by atoms with Crippen LogP contribution in [0.25, 0.3) is 10.9 Å². The Labute approximate surface area is 113 Å². The van der Waals surface area contributed by atoms with Crippen LogP contribution >= 0.6 is 11.8 Å². The first kappa shape index (κ1) is 12.1. The lowest BCUT2D eigenvalue weighted by Crippen LogP contribution is -2.17. The number of fused-ring (bicyclic) bond motifs is 3. The second kappa shape index (κ2) is 4.98. The van der Waals surface area contributed by atoms with Crippen molar-refractivity contribution in [1.29, 1.82) is 0 Å². The van der Waals surface area contributed by atoms with Gasteiger partial charge in [-0.3, -0.25) is 0 Å². The van der Waals surface area contributed by atoms with E-state index >= 15 is 0 Å². The van der Waals surface area contributed by atoms with E-state index in [4.69, 9.17) is 0 Å². The van der Waals surface area contributed by atoms with Gasteiger partial charge in [-0.25, -0.2) is 0 Å². The fourth-order valence-electron chi connectivity index (χ4n) is 2.64. The summed E-state index contributed by atoms with van der Waals surface area (Å²) < 4.78 is 2.38. The largest absolute Gasteiger partial charge is 0.346 e. The number of rotatable bonds is 3. The van der Waals surface area contributed by atoms with Crippen molar-refractivity contribution in [3.05, 3.63) is 30.0 Å². The molecule has 0 amide bonds. The third-order valence-corrected chi connectivity index (χ3v) is 4.82. The van der Waals surface area contributed by atoms with E-state index in [1.807, 2.05) is 11.8 Å². The number of nitrogens with zero attached hydrogens (tertiary/aromatic N) is 2. The van der Waals surface area contributed by atoms with Crippen molar-refractivity contribution in [2.45, 2.75) is 24.3 Å². The molecule has 0 bridgehead atoms. The van der Waals surface area contributed by atoms with Crippen LogP contribution < -0.4 is 0 Å². The van der Waals surface area contributed by atoms with E-state index in [1.54, 1.807) is 5.56 Å². The van der Waals surface area contributed by atoms with E-state index in [0.29, 0.717) is 0 Å². The molecule has 2 aromatic rings. The molecule has 0 saturated heterocycles. The lowest BCUT2D eigenvalue weighted by Gasteiger charge is -2.17. The van der Waals surface area contributed by atoms with Crippen molar-refractivity contribution in [1.82, 2.24) is 9.47 Å². The monoisotopic (exact) mass is 260 g/mol. The summed E-state index contributed by atoms with van der Waals surface area (Å²) >= 11 is 2.01. The molecule has 1 aromatic heterocycles. The van der Waals surface area contributed by atoms with Crippen LogP contribution in [0.3, 0.4) is 0 Å². The van der Waals surface area contributed by atoms with E-state index in [1.165, 1.54) is 34.4 Å². The fraction of sp³-hybridized carbons (Fsp3) is 0.467. The molecule has 0 unspecified atom stereocenters. The standard InChI is InChI=1S/C15H20N2S/c1-16(2)9-10-17-8-7-12-13-4-3-11-18-15(13)6-5-14(12)17/h5-8H,3-4,9-11H2,1-2H3. The number of aryl methyl sites for hydroxylation is 1. The molecular weight excluding hydrogens is 240 g/mol. The van der Waals surface area contributed by atoms with E-state index in [2.05, 4.69) is 48.0 Å². The van der Waals surface area contributed by atoms with Gasteiger partial charge in [-0.2, -0.15) is 0 Å². The predicted octanol–water partition coefficient (Wildman–Crippen LogP) is 3.24. The third kappa shape index (κ3) is 2.17. The molecule has 2 nitrogen and oxygen atoms in total. The molecule has 0 atom stereocenters. The van der Waals surface area contributed by atoms with E-state index in [0.717, 1.165) is 13.1 Å². The lowest BCUT2D eigenvalue weighted by atomic mass is 10.1. The Morgan fingerprint density at radius 3 is 3.00 bits per heavy atom. The summed E-state index contributed by atoms with van der Waals surface area (Å²) in [5.74, 6) is 1.28. The molecule has 3 heteroatoms. The van der Waals surface area contributed by atoms with Crippen molar-refractivity contribution in [3.63, 3.8) is 0 Å². The van der Waals surface area contributed by atoms with Gasteiger partial charge in [0.15, 0.2) is 0 Å². The minimum absolute atomic E-state index is 1.07. The van der Waals surface area contributed by atoms with Crippen LogP contribution in [0.5, 0.6) is 0 Å². The normalized spacial score (nSPS) is 15.3. The van der Waals surface area contributed by atoms with Crippen molar-refractivity contribution >= 4 is 22.7 Å². The molecule has 0 aliphatic carbocycles. The SMILES string of the molecule is CN(C)CCn1ccc2c3c(ccc21)SCCC3. The van der Waals surface area contributed by atoms with Gasteiger partial charge in [0, 0.05) is 35.1 Å². The zero-order chi connectivity index (χ0) is 12.5. The second-order valence-electron chi connectivity index (χ2n) is 5.24. The molecule has 1 aliphatic rings. The Morgan fingerprint density at radius 2 is 2.17 bits per heavy atom. The minimum Gasteiger partial charge on any atom is -0.346 e. The quantitative estimate of drug-likeness (QED) is 0.837. The molecule has 0 radical (unpaired) electrons. The summed E-state index contributed by atoms with van der Waals surface area (Å²) in [5.41, 5.74) is 2.98. The summed E-state index contributed by atoms with van der Waals surface area (Å²) in [6.45, 7) is 2.16. The second-order valence-corrected chi connectivity index (χ2v) is 6.38. The van der Waals surface area contributed by atoms with Crippen LogP contribution in [-0.2, 0) is 13.0 Å². The fourth-order valence-corrected chi connectivity index (χ4v) is 3.70. The average molecular weight is 260 g/mol.